The van der Waals surface area contributed by atoms with Crippen molar-refractivity contribution in [1.82, 2.24) is 0 Å². The first-order valence-electron chi connectivity index (χ1n) is 5.47. The Hall–Kier alpha value is -1.79. The standard InChI is InChI=1S/C12H17NO5/c1-16-4-5-17-6-7-18-12(15)10-8-9(14)2-3-11(10)13/h2-3,8,14H,4-7,13H2,1H3. The summed E-state index contributed by atoms with van der Waals surface area (Å²) in [6.07, 6.45) is 0. The largest absolute Gasteiger partial charge is 0.508 e. The van der Waals surface area contributed by atoms with Gasteiger partial charge in [-0.2, -0.15) is 0 Å². The number of phenols is 1. The Bertz CT molecular complexity index is 394. The van der Waals surface area contributed by atoms with E-state index in [9.17, 15) is 9.90 Å². The van der Waals surface area contributed by atoms with Crippen molar-refractivity contribution in [2.75, 3.05) is 39.3 Å². The van der Waals surface area contributed by atoms with Gasteiger partial charge in [0.2, 0.25) is 0 Å². The summed E-state index contributed by atoms with van der Waals surface area (Å²) >= 11 is 0. The molecule has 0 atom stereocenters. The zero-order valence-corrected chi connectivity index (χ0v) is 10.2. The lowest BCUT2D eigenvalue weighted by Gasteiger charge is -2.07. The Kier molecular flexibility index (Phi) is 5.96. The number of aromatic hydroxyl groups is 1. The Morgan fingerprint density at radius 2 is 2.00 bits per heavy atom. The average Bonchev–Trinajstić information content (AvgIpc) is 2.36. The van der Waals surface area contributed by atoms with Gasteiger partial charge in [-0.05, 0) is 18.2 Å². The summed E-state index contributed by atoms with van der Waals surface area (Å²) in [5.74, 6) is -0.619. The molecule has 0 bridgehead atoms. The van der Waals surface area contributed by atoms with Crippen molar-refractivity contribution < 1.29 is 24.1 Å². The van der Waals surface area contributed by atoms with E-state index in [-0.39, 0.29) is 30.2 Å². The molecule has 0 aliphatic heterocycles. The fraction of sp³-hybridized carbons (Fsp3) is 0.417. The van der Waals surface area contributed by atoms with Crippen LogP contribution in [-0.2, 0) is 14.2 Å². The molecule has 0 spiro atoms. The van der Waals surface area contributed by atoms with Gasteiger partial charge < -0.3 is 25.1 Å². The van der Waals surface area contributed by atoms with Gasteiger partial charge >= 0.3 is 5.97 Å². The van der Waals surface area contributed by atoms with Crippen molar-refractivity contribution in [3.63, 3.8) is 0 Å². The molecule has 0 saturated heterocycles. The van der Waals surface area contributed by atoms with Crippen LogP contribution >= 0.6 is 0 Å². The van der Waals surface area contributed by atoms with Crippen LogP contribution < -0.4 is 5.73 Å². The third-order valence-electron chi connectivity index (χ3n) is 2.15. The molecule has 18 heavy (non-hydrogen) atoms. The van der Waals surface area contributed by atoms with Gasteiger partial charge in [0.25, 0.3) is 0 Å². The molecule has 0 aliphatic carbocycles. The van der Waals surface area contributed by atoms with Crippen molar-refractivity contribution in [3.05, 3.63) is 23.8 Å². The Morgan fingerprint density at radius 3 is 2.72 bits per heavy atom. The number of nitrogen functional groups attached to an aromatic ring is 1. The van der Waals surface area contributed by atoms with Gasteiger partial charge in [-0.15, -0.1) is 0 Å². The normalized spacial score (nSPS) is 10.3. The highest BCUT2D eigenvalue weighted by Gasteiger charge is 2.11. The van der Waals surface area contributed by atoms with E-state index < -0.39 is 5.97 Å². The quantitative estimate of drug-likeness (QED) is 0.324. The van der Waals surface area contributed by atoms with Crippen LogP contribution in [0.1, 0.15) is 10.4 Å². The Morgan fingerprint density at radius 1 is 1.28 bits per heavy atom. The molecule has 1 aromatic rings. The highest BCUT2D eigenvalue weighted by atomic mass is 16.6. The second-order valence-corrected chi connectivity index (χ2v) is 3.51. The van der Waals surface area contributed by atoms with Gasteiger partial charge in [0.05, 0.1) is 25.4 Å². The number of phenolic OH excluding ortho intramolecular Hbond substituents is 1. The van der Waals surface area contributed by atoms with Crippen molar-refractivity contribution >= 4 is 11.7 Å². The molecule has 0 aromatic heterocycles. The van der Waals surface area contributed by atoms with Crippen LogP contribution in [0.4, 0.5) is 5.69 Å². The minimum absolute atomic E-state index is 0.0347. The first-order valence-corrected chi connectivity index (χ1v) is 5.47. The summed E-state index contributed by atoms with van der Waals surface area (Å²) in [6, 6.07) is 4.12. The smallest absolute Gasteiger partial charge is 0.340 e. The number of hydrogen-bond acceptors (Lipinski definition) is 6. The van der Waals surface area contributed by atoms with Crippen molar-refractivity contribution in [3.8, 4) is 5.75 Å². The zero-order chi connectivity index (χ0) is 13.4. The lowest BCUT2D eigenvalue weighted by atomic mass is 10.2. The maximum absolute atomic E-state index is 11.6. The first-order chi connectivity index (χ1) is 8.65. The van der Waals surface area contributed by atoms with E-state index in [4.69, 9.17) is 19.9 Å². The van der Waals surface area contributed by atoms with E-state index in [1.165, 1.54) is 18.2 Å². The van der Waals surface area contributed by atoms with Crippen LogP contribution in [0.15, 0.2) is 18.2 Å². The Labute approximate surface area is 105 Å². The topological polar surface area (TPSA) is 91.0 Å². The summed E-state index contributed by atoms with van der Waals surface area (Å²) in [7, 11) is 1.58. The summed E-state index contributed by atoms with van der Waals surface area (Å²) in [5.41, 5.74) is 6.01. The molecule has 3 N–H and O–H groups in total. The monoisotopic (exact) mass is 255 g/mol. The molecule has 0 amide bonds. The number of benzene rings is 1. The van der Waals surface area contributed by atoms with Crippen molar-refractivity contribution in [1.29, 1.82) is 0 Å². The van der Waals surface area contributed by atoms with Gasteiger partial charge in [0.15, 0.2) is 0 Å². The fourth-order valence-corrected chi connectivity index (χ4v) is 1.24. The molecule has 0 saturated carbocycles. The van der Waals surface area contributed by atoms with E-state index in [2.05, 4.69) is 0 Å². The molecule has 6 nitrogen and oxygen atoms in total. The van der Waals surface area contributed by atoms with Gasteiger partial charge in [-0.1, -0.05) is 0 Å². The highest BCUT2D eigenvalue weighted by molar-refractivity contribution is 5.95. The second-order valence-electron chi connectivity index (χ2n) is 3.51. The number of carbonyl (C=O) groups is 1. The van der Waals surface area contributed by atoms with Crippen LogP contribution in [0.2, 0.25) is 0 Å². The molecule has 100 valence electrons. The number of hydrogen-bond donors (Lipinski definition) is 2. The van der Waals surface area contributed by atoms with Crippen LogP contribution in [0.5, 0.6) is 5.75 Å². The van der Waals surface area contributed by atoms with Gasteiger partial charge in [0, 0.05) is 12.8 Å². The molecule has 0 unspecified atom stereocenters. The van der Waals surface area contributed by atoms with E-state index in [1.807, 2.05) is 0 Å². The molecular weight excluding hydrogens is 238 g/mol. The van der Waals surface area contributed by atoms with Crippen molar-refractivity contribution in [2.24, 2.45) is 0 Å². The number of nitrogens with two attached hydrogens (primary N) is 1. The summed E-state index contributed by atoms with van der Waals surface area (Å²) in [6.45, 7) is 1.35. The highest BCUT2D eigenvalue weighted by Crippen LogP contribution is 2.19. The van der Waals surface area contributed by atoms with Crippen LogP contribution in [0, 0.1) is 0 Å². The van der Waals surface area contributed by atoms with Crippen molar-refractivity contribution in [2.45, 2.75) is 0 Å². The predicted octanol–water partition coefficient (Wildman–Crippen LogP) is 0.794. The van der Waals surface area contributed by atoms with E-state index in [0.29, 0.717) is 13.2 Å². The number of anilines is 1. The number of methoxy groups -OCH3 is 1. The number of carbonyl (C=O) groups excluding carboxylic acids is 1. The molecule has 1 aromatic carbocycles. The predicted molar refractivity (Wildman–Crippen MR) is 65.5 cm³/mol. The van der Waals surface area contributed by atoms with Gasteiger partial charge in [0.1, 0.15) is 12.4 Å². The maximum atomic E-state index is 11.6. The van der Waals surface area contributed by atoms with Gasteiger partial charge in [-0.3, -0.25) is 0 Å². The van der Waals surface area contributed by atoms with Gasteiger partial charge in [-0.25, -0.2) is 4.79 Å². The lowest BCUT2D eigenvalue weighted by molar-refractivity contribution is 0.0214. The molecule has 1 rings (SSSR count). The molecule has 0 aliphatic rings. The number of rotatable bonds is 7. The fourth-order valence-electron chi connectivity index (χ4n) is 1.24. The molecule has 0 fully saturated rings. The van der Waals surface area contributed by atoms with E-state index >= 15 is 0 Å². The summed E-state index contributed by atoms with van der Waals surface area (Å²) in [4.78, 5) is 11.6. The second kappa shape index (κ2) is 7.52. The molecule has 6 heteroatoms. The minimum atomic E-state index is -0.584. The third kappa shape index (κ3) is 4.60. The van der Waals surface area contributed by atoms with E-state index in [1.54, 1.807) is 7.11 Å². The minimum Gasteiger partial charge on any atom is -0.508 e. The average molecular weight is 255 g/mol. The molecule has 0 heterocycles. The Balaban J connectivity index is 2.34. The molecule has 0 radical (unpaired) electrons. The summed E-state index contributed by atoms with van der Waals surface area (Å²) in [5, 5.41) is 9.25. The van der Waals surface area contributed by atoms with E-state index in [0.717, 1.165) is 0 Å². The zero-order valence-electron chi connectivity index (χ0n) is 10.2. The van der Waals surface area contributed by atoms with Crippen LogP contribution in [0.3, 0.4) is 0 Å². The SMILES string of the molecule is COCCOCCOC(=O)c1cc(O)ccc1N. The van der Waals surface area contributed by atoms with Crippen LogP contribution in [-0.4, -0.2) is 44.6 Å². The lowest BCUT2D eigenvalue weighted by Crippen LogP contribution is -2.13. The number of esters is 1. The van der Waals surface area contributed by atoms with Crippen LogP contribution in [0.25, 0.3) is 0 Å². The maximum Gasteiger partial charge on any atom is 0.340 e. The number of ether oxygens (including phenoxy) is 3. The summed E-state index contributed by atoms with van der Waals surface area (Å²) < 4.78 is 14.9. The third-order valence-corrected chi connectivity index (χ3v) is 2.15. The molecular formula is C12H17NO5. The first kappa shape index (κ1) is 14.3.